The van der Waals surface area contributed by atoms with Crippen molar-refractivity contribution in [1.82, 2.24) is 0 Å². The Morgan fingerprint density at radius 1 is 0.947 bits per heavy atom. The van der Waals surface area contributed by atoms with Gasteiger partial charge in [-0.05, 0) is 0 Å². The molecule has 0 unspecified atom stereocenters. The molecule has 1 heterocycles. The van der Waals surface area contributed by atoms with E-state index in [2.05, 4.69) is 0 Å². The third kappa shape index (κ3) is 4.47. The van der Waals surface area contributed by atoms with E-state index < -0.39 is 42.6 Å². The maximum absolute atomic E-state index is 13.6. The van der Waals surface area contributed by atoms with Gasteiger partial charge in [-0.1, -0.05) is 0 Å². The Morgan fingerprint density at radius 2 is 1.42 bits per heavy atom. The summed E-state index contributed by atoms with van der Waals surface area (Å²) in [4.78, 5) is 32.9. The van der Waals surface area contributed by atoms with E-state index in [4.69, 9.17) is 18.9 Å². The summed E-state index contributed by atoms with van der Waals surface area (Å²) in [5, 5.41) is 0. The number of carbonyl (C=O) groups excluding carboxylic acids is 3. The van der Waals surface area contributed by atoms with E-state index in [1.165, 1.54) is 0 Å². The van der Waals surface area contributed by atoms with Gasteiger partial charge in [0.25, 0.3) is 0 Å². The molecule has 0 aromatic rings. The predicted molar refractivity (Wildman–Crippen MR) is 57.5 cm³/mol. The minimum atomic E-state index is -1.96. The topological polar surface area (TPSA) is 88.1 Å². The highest BCUT2D eigenvalue weighted by Crippen LogP contribution is 2.24. The molecule has 0 radical (unpaired) electrons. The summed E-state index contributed by atoms with van der Waals surface area (Å²) >= 11 is 0. The van der Waals surface area contributed by atoms with Crippen molar-refractivity contribution in [3.8, 4) is 0 Å². The highest BCUT2D eigenvalue weighted by molar-refractivity contribution is 5.68. The van der Waals surface area contributed by atoms with Crippen LogP contribution in [0.5, 0.6) is 0 Å². The zero-order valence-electron chi connectivity index (χ0n) is 10.8. The number of hydrogen-bond donors (Lipinski definition) is 0. The van der Waals surface area contributed by atoms with Crippen LogP contribution in [0.3, 0.4) is 0 Å². The van der Waals surface area contributed by atoms with Gasteiger partial charge in [-0.25, -0.2) is 4.39 Å². The molecule has 1 rings (SSSR count). The quantitative estimate of drug-likeness (QED) is 0.534. The molecule has 0 aromatic carbocycles. The summed E-state index contributed by atoms with van der Waals surface area (Å²) in [5.74, 6) is -2.13. The van der Waals surface area contributed by atoms with Gasteiger partial charge >= 0.3 is 17.9 Å². The molecular formula is C11H15FO7. The number of halogens is 1. The summed E-state index contributed by atoms with van der Waals surface area (Å²) in [6, 6.07) is 0. The Hall–Kier alpha value is -1.70. The normalized spacial score (nSPS) is 30.3. The molecule has 8 heteroatoms. The zero-order valence-corrected chi connectivity index (χ0v) is 10.8. The van der Waals surface area contributed by atoms with Crippen LogP contribution in [0, 0.1) is 0 Å². The molecule has 4 atom stereocenters. The molecule has 0 spiro atoms. The van der Waals surface area contributed by atoms with E-state index in [0.717, 1.165) is 20.8 Å². The van der Waals surface area contributed by atoms with Gasteiger partial charge in [0.1, 0.15) is 0 Å². The fraction of sp³-hybridized carbons (Fsp3) is 0.727. The van der Waals surface area contributed by atoms with Crippen molar-refractivity contribution in [2.24, 2.45) is 0 Å². The first kappa shape index (κ1) is 15.4. The van der Waals surface area contributed by atoms with Gasteiger partial charge in [0, 0.05) is 20.8 Å². The molecule has 108 valence electrons. The first-order valence-corrected chi connectivity index (χ1v) is 5.58. The number of esters is 3. The lowest BCUT2D eigenvalue weighted by atomic mass is 10.1. The predicted octanol–water partition coefficient (Wildman–Crippen LogP) is 0.107. The number of carbonyl (C=O) groups is 3. The third-order valence-electron chi connectivity index (χ3n) is 2.29. The molecule has 0 saturated carbocycles. The van der Waals surface area contributed by atoms with Crippen molar-refractivity contribution in [2.75, 3.05) is 6.61 Å². The van der Waals surface area contributed by atoms with Crippen LogP contribution in [0.1, 0.15) is 20.8 Å². The van der Waals surface area contributed by atoms with Crippen LogP contribution < -0.4 is 0 Å². The van der Waals surface area contributed by atoms with Crippen molar-refractivity contribution in [1.29, 1.82) is 0 Å². The summed E-state index contributed by atoms with van der Waals surface area (Å²) in [6.45, 7) is 3.04. The van der Waals surface area contributed by atoms with E-state index in [1.807, 2.05) is 0 Å². The van der Waals surface area contributed by atoms with Crippen LogP contribution >= 0.6 is 0 Å². The minimum absolute atomic E-state index is 0.295. The largest absolute Gasteiger partial charge is 0.456 e. The van der Waals surface area contributed by atoms with Crippen LogP contribution in [0.4, 0.5) is 4.39 Å². The van der Waals surface area contributed by atoms with Crippen LogP contribution in [0.25, 0.3) is 0 Å². The van der Waals surface area contributed by atoms with Gasteiger partial charge in [0.2, 0.25) is 6.36 Å². The Bertz CT molecular complexity index is 370. The number of hydrogen-bond acceptors (Lipinski definition) is 7. The van der Waals surface area contributed by atoms with Gasteiger partial charge in [-0.3, -0.25) is 14.4 Å². The van der Waals surface area contributed by atoms with Crippen molar-refractivity contribution in [2.45, 2.75) is 45.4 Å². The average molecular weight is 278 g/mol. The van der Waals surface area contributed by atoms with Crippen molar-refractivity contribution < 1.29 is 37.7 Å². The summed E-state index contributed by atoms with van der Waals surface area (Å²) < 4.78 is 32.8. The second-order valence-electron chi connectivity index (χ2n) is 3.98. The smallest absolute Gasteiger partial charge is 0.303 e. The van der Waals surface area contributed by atoms with E-state index in [0.29, 0.717) is 0 Å². The fourth-order valence-corrected chi connectivity index (χ4v) is 1.70. The minimum Gasteiger partial charge on any atom is -0.456 e. The van der Waals surface area contributed by atoms with E-state index in [-0.39, 0.29) is 6.61 Å². The van der Waals surface area contributed by atoms with E-state index >= 15 is 0 Å². The van der Waals surface area contributed by atoms with Crippen molar-refractivity contribution in [3.05, 3.63) is 0 Å². The molecule has 0 aliphatic carbocycles. The first-order valence-electron chi connectivity index (χ1n) is 5.58. The molecule has 1 aliphatic heterocycles. The fourth-order valence-electron chi connectivity index (χ4n) is 1.70. The van der Waals surface area contributed by atoms with Gasteiger partial charge in [-0.15, -0.1) is 0 Å². The standard InChI is InChI=1S/C11H15FO7/c1-5(13)17-8-4-16-11(12)10(19-7(3)15)9(8)18-6(2)14/h8-11H,4H2,1-3H3/t8-,9-,10+,11+/m1/s1. The molecule has 0 amide bonds. The van der Waals surface area contributed by atoms with Gasteiger partial charge < -0.3 is 18.9 Å². The van der Waals surface area contributed by atoms with Crippen LogP contribution in [-0.4, -0.2) is 49.2 Å². The lowest BCUT2D eigenvalue weighted by molar-refractivity contribution is -0.248. The van der Waals surface area contributed by atoms with Crippen molar-refractivity contribution >= 4 is 17.9 Å². The van der Waals surface area contributed by atoms with Crippen LogP contribution in [0.15, 0.2) is 0 Å². The van der Waals surface area contributed by atoms with Gasteiger partial charge in [0.05, 0.1) is 6.61 Å². The molecule has 0 aromatic heterocycles. The Balaban J connectivity index is 2.89. The van der Waals surface area contributed by atoms with Crippen LogP contribution in [0.2, 0.25) is 0 Å². The maximum atomic E-state index is 13.6. The number of alkyl halides is 1. The van der Waals surface area contributed by atoms with E-state index in [1.54, 1.807) is 0 Å². The first-order chi connectivity index (χ1) is 8.81. The molecule has 19 heavy (non-hydrogen) atoms. The van der Waals surface area contributed by atoms with Crippen LogP contribution in [-0.2, 0) is 33.3 Å². The lowest BCUT2D eigenvalue weighted by Crippen LogP contribution is -2.56. The number of rotatable bonds is 3. The molecular weight excluding hydrogens is 263 g/mol. The zero-order chi connectivity index (χ0) is 14.6. The molecule has 1 fully saturated rings. The van der Waals surface area contributed by atoms with Gasteiger partial charge in [-0.2, -0.15) is 0 Å². The summed E-state index contributed by atoms with van der Waals surface area (Å²) in [6.07, 6.45) is -5.70. The number of ether oxygens (including phenoxy) is 4. The highest BCUT2D eigenvalue weighted by atomic mass is 19.1. The third-order valence-corrected chi connectivity index (χ3v) is 2.29. The molecule has 0 N–H and O–H groups in total. The van der Waals surface area contributed by atoms with E-state index in [9.17, 15) is 18.8 Å². The maximum Gasteiger partial charge on any atom is 0.303 e. The van der Waals surface area contributed by atoms with Gasteiger partial charge in [0.15, 0.2) is 18.3 Å². The Labute approximate surface area is 108 Å². The highest BCUT2D eigenvalue weighted by Gasteiger charge is 2.47. The Morgan fingerprint density at radius 3 is 1.89 bits per heavy atom. The summed E-state index contributed by atoms with van der Waals surface area (Å²) in [5.41, 5.74) is 0. The molecule has 7 nitrogen and oxygen atoms in total. The molecule has 1 aliphatic rings. The average Bonchev–Trinajstić information content (AvgIpc) is 2.25. The molecule has 1 saturated heterocycles. The summed E-state index contributed by atoms with van der Waals surface area (Å²) in [7, 11) is 0. The van der Waals surface area contributed by atoms with Crippen molar-refractivity contribution in [3.63, 3.8) is 0 Å². The lowest BCUT2D eigenvalue weighted by Gasteiger charge is -2.37. The monoisotopic (exact) mass is 278 g/mol. The second kappa shape index (κ2) is 6.46. The SMILES string of the molecule is CC(=O)O[C@H]1[C@H](OC(C)=O)[C@H](OC(C)=O)CO[C@@H]1F. The Kier molecular flexibility index (Phi) is 5.22. The molecule has 0 bridgehead atoms. The second-order valence-corrected chi connectivity index (χ2v) is 3.98.